The lowest BCUT2D eigenvalue weighted by atomic mass is 10.0. The second-order valence-electron chi connectivity index (χ2n) is 9.78. The Hall–Kier alpha value is -3.70. The van der Waals surface area contributed by atoms with Gasteiger partial charge in [0.25, 0.3) is 0 Å². The van der Waals surface area contributed by atoms with Crippen LogP contribution < -0.4 is 10.6 Å². The Morgan fingerprint density at radius 2 is 1.49 bits per heavy atom. The molecule has 3 aromatic carbocycles. The molecule has 1 aliphatic rings. The van der Waals surface area contributed by atoms with Crippen LogP contribution in [0.25, 0.3) is 0 Å². The number of rotatable bonds is 12. The van der Waals surface area contributed by atoms with Gasteiger partial charge in [0, 0.05) is 53.8 Å². The van der Waals surface area contributed by atoms with Gasteiger partial charge in [-0.1, -0.05) is 36.4 Å². The molecule has 0 saturated carbocycles. The average Bonchev–Trinajstić information content (AvgIpc) is 2.96. The summed E-state index contributed by atoms with van der Waals surface area (Å²) >= 11 is 1.66. The van der Waals surface area contributed by atoms with E-state index in [-0.39, 0.29) is 49.9 Å². The fourth-order valence-corrected chi connectivity index (χ4v) is 5.32. The van der Waals surface area contributed by atoms with Crippen LogP contribution in [0.2, 0.25) is 0 Å². The summed E-state index contributed by atoms with van der Waals surface area (Å²) in [5, 5.41) is 23.7. The second kappa shape index (κ2) is 14.8. The molecule has 0 bridgehead atoms. The lowest BCUT2D eigenvalue weighted by Crippen LogP contribution is -2.31. The van der Waals surface area contributed by atoms with Crippen LogP contribution in [0, 0.1) is 0 Å². The molecule has 1 fully saturated rings. The molecular weight excluding hydrogens is 544 g/mol. The van der Waals surface area contributed by atoms with Crippen molar-refractivity contribution >= 4 is 40.9 Å². The van der Waals surface area contributed by atoms with Crippen molar-refractivity contribution in [2.45, 2.75) is 62.6 Å². The Bertz CT molecular complexity index is 1310. The Morgan fingerprint density at radius 3 is 2.12 bits per heavy atom. The molecule has 3 aromatic rings. The largest absolute Gasteiger partial charge is 0.481 e. The van der Waals surface area contributed by atoms with Crippen LogP contribution in [0.4, 0.5) is 11.4 Å². The van der Waals surface area contributed by atoms with Gasteiger partial charge in [-0.3, -0.25) is 14.4 Å². The minimum atomic E-state index is -0.922. The highest BCUT2D eigenvalue weighted by atomic mass is 32.2. The number of carbonyl (C=O) groups excluding carboxylic acids is 2. The van der Waals surface area contributed by atoms with Gasteiger partial charge in [0.05, 0.1) is 18.8 Å². The van der Waals surface area contributed by atoms with E-state index < -0.39 is 12.3 Å². The Kier molecular flexibility index (Phi) is 10.9. The van der Waals surface area contributed by atoms with E-state index in [9.17, 15) is 19.5 Å². The predicted molar refractivity (Wildman–Crippen MR) is 156 cm³/mol. The molecule has 1 aliphatic heterocycles. The highest BCUT2D eigenvalue weighted by molar-refractivity contribution is 7.99. The first-order valence-electron chi connectivity index (χ1n) is 13.4. The van der Waals surface area contributed by atoms with E-state index in [4.69, 9.17) is 14.6 Å². The summed E-state index contributed by atoms with van der Waals surface area (Å²) in [6.07, 6.45) is 0.0506. The van der Waals surface area contributed by atoms with Crippen molar-refractivity contribution in [3.63, 3.8) is 0 Å². The summed E-state index contributed by atoms with van der Waals surface area (Å²) in [5.41, 5.74) is 3.98. The summed E-state index contributed by atoms with van der Waals surface area (Å²) < 4.78 is 12.8. The SMILES string of the molecule is CC(=O)Nc1ccc(SC[C@@H]2C[C@H](c3ccc(CO)cc3)O[C@H](c3ccc(NC(=O)CCCC(=O)O)cc3)O2)cc1. The number of carboxylic acid groups (broad SMARTS) is 1. The number of aliphatic hydroxyl groups excluding tert-OH is 1. The maximum absolute atomic E-state index is 12.1. The maximum Gasteiger partial charge on any atom is 0.303 e. The fourth-order valence-electron chi connectivity index (χ4n) is 4.40. The summed E-state index contributed by atoms with van der Waals surface area (Å²) in [7, 11) is 0. The minimum absolute atomic E-state index is 0.0278. The number of ether oxygens (including phenoxy) is 2. The van der Waals surface area contributed by atoms with E-state index in [0.29, 0.717) is 17.9 Å². The molecule has 0 unspecified atom stereocenters. The number of thioether (sulfide) groups is 1. The lowest BCUT2D eigenvalue weighted by molar-refractivity contribution is -0.245. The van der Waals surface area contributed by atoms with Gasteiger partial charge < -0.3 is 30.3 Å². The van der Waals surface area contributed by atoms with Crippen molar-refractivity contribution in [2.24, 2.45) is 0 Å². The smallest absolute Gasteiger partial charge is 0.303 e. The van der Waals surface area contributed by atoms with Gasteiger partial charge in [-0.25, -0.2) is 0 Å². The predicted octanol–water partition coefficient (Wildman–Crippen LogP) is 5.67. The molecule has 1 saturated heterocycles. The van der Waals surface area contributed by atoms with Crippen molar-refractivity contribution in [3.8, 4) is 0 Å². The third-order valence-electron chi connectivity index (χ3n) is 6.49. The molecule has 4 rings (SSSR count). The highest BCUT2D eigenvalue weighted by Gasteiger charge is 2.32. The number of nitrogens with one attached hydrogen (secondary N) is 2. The molecule has 10 heteroatoms. The molecule has 9 nitrogen and oxygen atoms in total. The van der Waals surface area contributed by atoms with Gasteiger partial charge in [-0.05, 0) is 53.9 Å². The summed E-state index contributed by atoms with van der Waals surface area (Å²) in [6.45, 7) is 1.45. The first kappa shape index (κ1) is 30.3. The molecule has 0 radical (unpaired) electrons. The topological polar surface area (TPSA) is 134 Å². The molecule has 216 valence electrons. The first-order valence-corrected chi connectivity index (χ1v) is 14.4. The zero-order chi connectivity index (χ0) is 29.2. The Morgan fingerprint density at radius 1 is 0.854 bits per heavy atom. The average molecular weight is 579 g/mol. The van der Waals surface area contributed by atoms with Crippen LogP contribution in [-0.4, -0.2) is 39.9 Å². The van der Waals surface area contributed by atoms with Crippen molar-refractivity contribution in [2.75, 3.05) is 16.4 Å². The Labute approximate surface area is 243 Å². The van der Waals surface area contributed by atoms with Gasteiger partial charge >= 0.3 is 5.97 Å². The number of hydrogen-bond donors (Lipinski definition) is 4. The monoisotopic (exact) mass is 578 g/mol. The highest BCUT2D eigenvalue weighted by Crippen LogP contribution is 2.39. The number of carbonyl (C=O) groups is 3. The zero-order valence-corrected chi connectivity index (χ0v) is 23.6. The van der Waals surface area contributed by atoms with E-state index >= 15 is 0 Å². The number of amides is 2. The van der Waals surface area contributed by atoms with E-state index in [2.05, 4.69) is 10.6 Å². The number of anilines is 2. The normalized spacial score (nSPS) is 18.4. The number of benzene rings is 3. The molecule has 4 N–H and O–H groups in total. The van der Waals surface area contributed by atoms with Crippen LogP contribution in [-0.2, 0) is 30.5 Å². The summed E-state index contributed by atoms with van der Waals surface area (Å²) in [5.74, 6) is -0.586. The third-order valence-corrected chi connectivity index (χ3v) is 7.63. The molecule has 0 aliphatic carbocycles. The van der Waals surface area contributed by atoms with Crippen molar-refractivity contribution < 1.29 is 34.1 Å². The van der Waals surface area contributed by atoms with Crippen molar-refractivity contribution in [1.82, 2.24) is 0 Å². The minimum Gasteiger partial charge on any atom is -0.481 e. The van der Waals surface area contributed by atoms with Crippen LogP contribution in [0.15, 0.2) is 77.7 Å². The number of aliphatic hydroxyl groups is 1. The standard InChI is InChI=1S/C31H34N2O7S/c1-20(35)32-24-13-15-27(16-14-24)41-19-26-17-28(22-7-5-21(18-34)6-8-22)40-31(39-26)23-9-11-25(12-10-23)33-29(36)3-2-4-30(37)38/h5-16,26,28,31,34H,2-4,17-19H2,1H3,(H,32,35)(H,33,36)(H,37,38)/t26-,28+,31+/m0/s1. The molecule has 41 heavy (non-hydrogen) atoms. The molecular formula is C31H34N2O7S. The second-order valence-corrected chi connectivity index (χ2v) is 10.9. The van der Waals surface area contributed by atoms with Crippen LogP contribution in [0.3, 0.4) is 0 Å². The van der Waals surface area contributed by atoms with Gasteiger partial charge in [0.2, 0.25) is 11.8 Å². The summed E-state index contributed by atoms with van der Waals surface area (Å²) in [4.78, 5) is 35.2. The zero-order valence-electron chi connectivity index (χ0n) is 22.7. The van der Waals surface area contributed by atoms with E-state index in [1.807, 2.05) is 60.7 Å². The molecule has 0 spiro atoms. The Balaban J connectivity index is 1.43. The quantitative estimate of drug-likeness (QED) is 0.202. The van der Waals surface area contributed by atoms with E-state index in [1.54, 1.807) is 23.9 Å². The van der Waals surface area contributed by atoms with Crippen LogP contribution >= 0.6 is 11.8 Å². The lowest BCUT2D eigenvalue weighted by Gasteiger charge is -2.36. The van der Waals surface area contributed by atoms with Gasteiger partial charge in [-0.15, -0.1) is 11.8 Å². The van der Waals surface area contributed by atoms with Gasteiger partial charge in [0.15, 0.2) is 6.29 Å². The van der Waals surface area contributed by atoms with E-state index in [0.717, 1.165) is 27.3 Å². The molecule has 0 aromatic heterocycles. The third kappa shape index (κ3) is 9.43. The maximum atomic E-state index is 12.1. The molecule has 3 atom stereocenters. The van der Waals surface area contributed by atoms with Crippen LogP contribution in [0.1, 0.15) is 61.7 Å². The number of hydrogen-bond acceptors (Lipinski definition) is 7. The van der Waals surface area contributed by atoms with Gasteiger partial charge in [0.1, 0.15) is 0 Å². The van der Waals surface area contributed by atoms with E-state index in [1.165, 1.54) is 6.92 Å². The summed E-state index contributed by atoms with van der Waals surface area (Å²) in [6, 6.07) is 22.6. The van der Waals surface area contributed by atoms with Gasteiger partial charge in [-0.2, -0.15) is 0 Å². The molecule has 2 amide bonds. The number of carboxylic acids is 1. The molecule has 1 heterocycles. The van der Waals surface area contributed by atoms with Crippen LogP contribution in [0.5, 0.6) is 0 Å². The first-order chi connectivity index (χ1) is 19.8. The van der Waals surface area contributed by atoms with Crippen molar-refractivity contribution in [3.05, 3.63) is 89.5 Å². The number of aliphatic carboxylic acids is 1. The van der Waals surface area contributed by atoms with Crippen molar-refractivity contribution in [1.29, 1.82) is 0 Å². The fraction of sp³-hybridized carbons (Fsp3) is 0.323.